The van der Waals surface area contributed by atoms with Gasteiger partial charge in [0.1, 0.15) is 5.75 Å². The second-order valence-corrected chi connectivity index (χ2v) is 7.08. The van der Waals surface area contributed by atoms with Gasteiger partial charge >= 0.3 is 5.97 Å². The molecule has 1 atom stereocenters. The predicted octanol–water partition coefficient (Wildman–Crippen LogP) is 2.35. The molecule has 2 aromatic rings. The van der Waals surface area contributed by atoms with E-state index >= 15 is 0 Å². The molecule has 30 heavy (non-hydrogen) atoms. The molecule has 1 aliphatic heterocycles. The van der Waals surface area contributed by atoms with Crippen LogP contribution in [0.1, 0.15) is 24.1 Å². The van der Waals surface area contributed by atoms with Gasteiger partial charge in [0.25, 0.3) is 5.91 Å². The molecule has 0 saturated heterocycles. The van der Waals surface area contributed by atoms with E-state index in [1.807, 2.05) is 49.4 Å². The Labute approximate surface area is 180 Å². The predicted molar refractivity (Wildman–Crippen MR) is 117 cm³/mol. The maximum Gasteiger partial charge on any atom is 0.343 e. The van der Waals surface area contributed by atoms with E-state index < -0.39 is 12.0 Å². The number of rotatable bonds is 7. The Morgan fingerprint density at radius 2 is 1.80 bits per heavy atom. The van der Waals surface area contributed by atoms with E-state index in [1.54, 1.807) is 12.1 Å². The second-order valence-electron chi connectivity index (χ2n) is 6.67. The van der Waals surface area contributed by atoms with Gasteiger partial charge < -0.3 is 25.4 Å². The maximum atomic E-state index is 13.0. The van der Waals surface area contributed by atoms with Gasteiger partial charge in [0.15, 0.2) is 11.7 Å². The SMILES string of the molecule is COC(=O)COc1ccc(C2NC(=S)NC(C)=C2C(=O)NCc2ccccc2)cc1. The Balaban J connectivity index is 1.76. The van der Waals surface area contributed by atoms with Crippen molar-refractivity contribution in [2.24, 2.45) is 0 Å². The molecule has 1 heterocycles. The highest BCUT2D eigenvalue weighted by molar-refractivity contribution is 7.80. The fourth-order valence-corrected chi connectivity index (χ4v) is 3.35. The van der Waals surface area contributed by atoms with Gasteiger partial charge in [0, 0.05) is 12.2 Å². The molecule has 2 aromatic carbocycles. The van der Waals surface area contributed by atoms with Gasteiger partial charge in [-0.05, 0) is 42.4 Å². The number of hydrogen-bond acceptors (Lipinski definition) is 5. The smallest absolute Gasteiger partial charge is 0.343 e. The molecule has 3 rings (SSSR count). The van der Waals surface area contributed by atoms with Crippen molar-refractivity contribution >= 4 is 29.2 Å². The van der Waals surface area contributed by atoms with Gasteiger partial charge in [-0.1, -0.05) is 42.5 Å². The molecule has 0 aromatic heterocycles. The van der Waals surface area contributed by atoms with Gasteiger partial charge in [-0.25, -0.2) is 4.79 Å². The summed E-state index contributed by atoms with van der Waals surface area (Å²) in [4.78, 5) is 24.2. The fourth-order valence-electron chi connectivity index (χ4n) is 3.08. The van der Waals surface area contributed by atoms with E-state index in [0.717, 1.165) is 11.1 Å². The quantitative estimate of drug-likeness (QED) is 0.464. The molecule has 0 fully saturated rings. The van der Waals surface area contributed by atoms with Crippen LogP contribution >= 0.6 is 12.2 Å². The van der Waals surface area contributed by atoms with Crippen molar-refractivity contribution in [1.29, 1.82) is 0 Å². The molecular weight excluding hydrogens is 402 g/mol. The van der Waals surface area contributed by atoms with Crippen molar-refractivity contribution in [3.63, 3.8) is 0 Å². The van der Waals surface area contributed by atoms with Crippen LogP contribution in [0.4, 0.5) is 0 Å². The lowest BCUT2D eigenvalue weighted by Gasteiger charge is -2.30. The number of hydrogen-bond donors (Lipinski definition) is 3. The summed E-state index contributed by atoms with van der Waals surface area (Å²) in [6.45, 7) is 2.08. The van der Waals surface area contributed by atoms with E-state index in [4.69, 9.17) is 17.0 Å². The third-order valence-corrected chi connectivity index (χ3v) is 4.83. The average molecular weight is 426 g/mol. The van der Waals surface area contributed by atoms with Crippen LogP contribution in [0.5, 0.6) is 5.75 Å². The summed E-state index contributed by atoms with van der Waals surface area (Å²) in [7, 11) is 1.31. The number of carbonyl (C=O) groups is 2. The molecule has 3 N–H and O–H groups in total. The molecule has 8 heteroatoms. The first-order valence-electron chi connectivity index (χ1n) is 9.38. The average Bonchev–Trinajstić information content (AvgIpc) is 2.76. The number of carbonyl (C=O) groups excluding carboxylic acids is 2. The van der Waals surface area contributed by atoms with E-state index in [9.17, 15) is 9.59 Å². The minimum Gasteiger partial charge on any atom is -0.482 e. The first-order valence-corrected chi connectivity index (χ1v) is 9.78. The number of benzene rings is 2. The highest BCUT2D eigenvalue weighted by Crippen LogP contribution is 2.28. The molecule has 7 nitrogen and oxygen atoms in total. The van der Waals surface area contributed by atoms with Gasteiger partial charge in [0.05, 0.1) is 18.7 Å². The molecule has 1 amide bonds. The van der Waals surface area contributed by atoms with Crippen molar-refractivity contribution in [2.45, 2.75) is 19.5 Å². The maximum absolute atomic E-state index is 13.0. The monoisotopic (exact) mass is 425 g/mol. The van der Waals surface area contributed by atoms with Crippen LogP contribution in [-0.4, -0.2) is 30.7 Å². The Kier molecular flexibility index (Phi) is 7.03. The third kappa shape index (κ3) is 5.36. The highest BCUT2D eigenvalue weighted by atomic mass is 32.1. The van der Waals surface area contributed by atoms with Crippen molar-refractivity contribution < 1.29 is 19.1 Å². The van der Waals surface area contributed by atoms with Crippen molar-refractivity contribution in [1.82, 2.24) is 16.0 Å². The Morgan fingerprint density at radius 3 is 2.47 bits per heavy atom. The zero-order chi connectivity index (χ0) is 21.5. The van der Waals surface area contributed by atoms with Gasteiger partial charge in [-0.3, -0.25) is 4.79 Å². The van der Waals surface area contributed by atoms with E-state index in [0.29, 0.717) is 28.7 Å². The Morgan fingerprint density at radius 1 is 1.10 bits per heavy atom. The summed E-state index contributed by atoms with van der Waals surface area (Å²) in [6.07, 6.45) is 0. The first-order chi connectivity index (χ1) is 14.5. The van der Waals surface area contributed by atoms with E-state index in [2.05, 4.69) is 20.7 Å². The Hall–Kier alpha value is -3.39. The molecule has 156 valence electrons. The fraction of sp³-hybridized carbons (Fsp3) is 0.227. The van der Waals surface area contributed by atoms with E-state index in [-0.39, 0.29) is 12.5 Å². The number of allylic oxidation sites excluding steroid dienone is 1. The van der Waals surface area contributed by atoms with Gasteiger partial charge in [-0.2, -0.15) is 0 Å². The second kappa shape index (κ2) is 9.89. The molecule has 0 aliphatic carbocycles. The zero-order valence-electron chi connectivity index (χ0n) is 16.7. The molecule has 0 saturated carbocycles. The van der Waals surface area contributed by atoms with Crippen molar-refractivity contribution in [3.05, 3.63) is 77.0 Å². The number of ether oxygens (including phenoxy) is 2. The van der Waals surface area contributed by atoms with E-state index in [1.165, 1.54) is 7.11 Å². The lowest BCUT2D eigenvalue weighted by Crippen LogP contribution is -2.46. The molecule has 0 bridgehead atoms. The molecule has 0 spiro atoms. The van der Waals surface area contributed by atoms with Crippen molar-refractivity contribution in [2.75, 3.05) is 13.7 Å². The Bertz CT molecular complexity index is 958. The lowest BCUT2D eigenvalue weighted by molar-refractivity contribution is -0.142. The topological polar surface area (TPSA) is 88.7 Å². The van der Waals surface area contributed by atoms with Crippen LogP contribution in [-0.2, 0) is 20.9 Å². The van der Waals surface area contributed by atoms with Crippen LogP contribution in [0.15, 0.2) is 65.9 Å². The summed E-state index contributed by atoms with van der Waals surface area (Å²) in [5, 5.41) is 9.59. The summed E-state index contributed by atoms with van der Waals surface area (Å²) in [6, 6.07) is 16.4. The number of thiocarbonyl (C=S) groups is 1. The molecular formula is C22H23N3O4S. The summed E-state index contributed by atoms with van der Waals surface area (Å²) >= 11 is 5.29. The van der Waals surface area contributed by atoms with Crippen molar-refractivity contribution in [3.8, 4) is 5.75 Å². The lowest BCUT2D eigenvalue weighted by atomic mass is 9.95. The number of methoxy groups -OCH3 is 1. The van der Waals surface area contributed by atoms with Gasteiger partial charge in [-0.15, -0.1) is 0 Å². The zero-order valence-corrected chi connectivity index (χ0v) is 17.5. The highest BCUT2D eigenvalue weighted by Gasteiger charge is 2.29. The third-order valence-electron chi connectivity index (χ3n) is 4.61. The van der Waals surface area contributed by atoms with Crippen LogP contribution in [0.3, 0.4) is 0 Å². The number of esters is 1. The first kappa shape index (κ1) is 21.3. The standard InChI is InChI=1S/C22H23N3O4S/c1-14-19(21(27)23-12-15-6-4-3-5-7-15)20(25-22(30)24-14)16-8-10-17(11-9-16)29-13-18(26)28-2/h3-11,20H,12-13H2,1-2H3,(H,23,27)(H2,24,25,30). The van der Waals surface area contributed by atoms with Crippen LogP contribution in [0.25, 0.3) is 0 Å². The van der Waals surface area contributed by atoms with Crippen LogP contribution in [0.2, 0.25) is 0 Å². The number of nitrogens with one attached hydrogen (secondary N) is 3. The molecule has 1 unspecified atom stereocenters. The minimum atomic E-state index is -0.458. The largest absolute Gasteiger partial charge is 0.482 e. The van der Waals surface area contributed by atoms with Crippen LogP contribution in [0, 0.1) is 0 Å². The minimum absolute atomic E-state index is 0.169. The summed E-state index contributed by atoms with van der Waals surface area (Å²) < 4.78 is 9.94. The number of amides is 1. The molecule has 1 aliphatic rings. The molecule has 0 radical (unpaired) electrons. The summed E-state index contributed by atoms with van der Waals surface area (Å²) in [5.41, 5.74) is 3.11. The normalized spacial score (nSPS) is 15.7. The van der Waals surface area contributed by atoms with Gasteiger partial charge in [0.2, 0.25) is 0 Å². The summed E-state index contributed by atoms with van der Waals surface area (Å²) in [5.74, 6) is -0.119. The van der Waals surface area contributed by atoms with Crippen LogP contribution < -0.4 is 20.7 Å².